The molecule has 1 heterocycles. The van der Waals surface area contributed by atoms with Gasteiger partial charge in [-0.05, 0) is 24.5 Å². The number of sulfone groups is 1. The van der Waals surface area contributed by atoms with Crippen molar-refractivity contribution >= 4 is 15.7 Å². The lowest BCUT2D eigenvalue weighted by molar-refractivity contribution is -0.129. The van der Waals surface area contributed by atoms with Crippen LogP contribution in [0.4, 0.5) is 0 Å². The Morgan fingerprint density at radius 1 is 1.29 bits per heavy atom. The molecule has 1 amide bonds. The summed E-state index contributed by atoms with van der Waals surface area (Å²) in [6.45, 7) is 4.17. The van der Waals surface area contributed by atoms with Crippen LogP contribution in [-0.4, -0.2) is 43.8 Å². The SMILES string of the molecule is CCC1NC(c2ccccc2C)N(CCS(C)(=O)=O)C1=O. The molecule has 1 aromatic carbocycles. The molecule has 5 nitrogen and oxygen atoms in total. The molecule has 1 N–H and O–H groups in total. The zero-order valence-corrected chi connectivity index (χ0v) is 13.5. The molecule has 6 heteroatoms. The molecule has 116 valence electrons. The second-order valence-corrected chi connectivity index (χ2v) is 7.81. The van der Waals surface area contributed by atoms with Crippen molar-refractivity contribution in [1.82, 2.24) is 10.2 Å². The fourth-order valence-electron chi connectivity index (χ4n) is 2.63. The molecule has 21 heavy (non-hydrogen) atoms. The summed E-state index contributed by atoms with van der Waals surface area (Å²) in [7, 11) is -3.10. The molecule has 0 bridgehead atoms. The highest BCUT2D eigenvalue weighted by Gasteiger charge is 2.39. The van der Waals surface area contributed by atoms with Gasteiger partial charge < -0.3 is 4.90 Å². The Morgan fingerprint density at radius 2 is 1.95 bits per heavy atom. The predicted molar refractivity (Wildman–Crippen MR) is 82.6 cm³/mol. The van der Waals surface area contributed by atoms with Gasteiger partial charge in [0.15, 0.2) is 0 Å². The lowest BCUT2D eigenvalue weighted by Gasteiger charge is -2.25. The van der Waals surface area contributed by atoms with E-state index in [-0.39, 0.29) is 30.4 Å². The van der Waals surface area contributed by atoms with Crippen molar-refractivity contribution in [3.63, 3.8) is 0 Å². The van der Waals surface area contributed by atoms with Crippen molar-refractivity contribution in [2.75, 3.05) is 18.6 Å². The molecule has 0 spiro atoms. The highest BCUT2D eigenvalue weighted by Crippen LogP contribution is 2.28. The smallest absolute Gasteiger partial charge is 0.241 e. The van der Waals surface area contributed by atoms with E-state index in [1.165, 1.54) is 6.26 Å². The topological polar surface area (TPSA) is 66.5 Å². The van der Waals surface area contributed by atoms with Gasteiger partial charge in [-0.3, -0.25) is 10.1 Å². The Kier molecular flexibility index (Phi) is 4.68. The molecule has 0 aliphatic carbocycles. The molecule has 2 unspecified atom stereocenters. The highest BCUT2D eigenvalue weighted by molar-refractivity contribution is 7.90. The number of hydrogen-bond acceptors (Lipinski definition) is 4. The Morgan fingerprint density at radius 3 is 2.52 bits per heavy atom. The number of amides is 1. The Bertz CT molecular complexity index is 628. The minimum atomic E-state index is -3.10. The van der Waals surface area contributed by atoms with E-state index in [1.54, 1.807) is 4.90 Å². The molecular weight excluding hydrogens is 288 g/mol. The van der Waals surface area contributed by atoms with Crippen molar-refractivity contribution in [3.8, 4) is 0 Å². The molecule has 1 aromatic rings. The third kappa shape index (κ3) is 3.63. The van der Waals surface area contributed by atoms with Crippen LogP contribution < -0.4 is 5.32 Å². The summed E-state index contributed by atoms with van der Waals surface area (Å²) in [6, 6.07) is 7.62. The fourth-order valence-corrected chi connectivity index (χ4v) is 3.15. The number of nitrogens with one attached hydrogen (secondary N) is 1. The van der Waals surface area contributed by atoms with Gasteiger partial charge in [-0.15, -0.1) is 0 Å². The Labute approximate surface area is 126 Å². The average Bonchev–Trinajstić information content (AvgIpc) is 2.72. The van der Waals surface area contributed by atoms with E-state index >= 15 is 0 Å². The van der Waals surface area contributed by atoms with Crippen molar-refractivity contribution < 1.29 is 13.2 Å². The van der Waals surface area contributed by atoms with Crippen LogP contribution in [0.15, 0.2) is 24.3 Å². The lowest BCUT2D eigenvalue weighted by Crippen LogP contribution is -2.35. The molecule has 2 atom stereocenters. The monoisotopic (exact) mass is 310 g/mol. The second kappa shape index (κ2) is 6.15. The summed E-state index contributed by atoms with van der Waals surface area (Å²) in [5.74, 6) is -0.0337. The second-order valence-electron chi connectivity index (χ2n) is 5.55. The third-order valence-electron chi connectivity index (χ3n) is 3.85. The normalized spacial score (nSPS) is 22.8. The van der Waals surface area contributed by atoms with E-state index in [4.69, 9.17) is 0 Å². The van der Waals surface area contributed by atoms with E-state index in [0.717, 1.165) is 11.1 Å². The largest absolute Gasteiger partial charge is 0.321 e. The number of nitrogens with zero attached hydrogens (tertiary/aromatic N) is 1. The number of benzene rings is 1. The minimum Gasteiger partial charge on any atom is -0.321 e. The summed E-state index contributed by atoms with van der Waals surface area (Å²) < 4.78 is 22.8. The number of carbonyl (C=O) groups excluding carboxylic acids is 1. The van der Waals surface area contributed by atoms with Gasteiger partial charge in [-0.25, -0.2) is 8.42 Å². The van der Waals surface area contributed by atoms with E-state index in [9.17, 15) is 13.2 Å². The summed E-state index contributed by atoms with van der Waals surface area (Å²) in [6.07, 6.45) is 1.64. The minimum absolute atomic E-state index is 0.0146. The number of hydrogen-bond donors (Lipinski definition) is 1. The van der Waals surface area contributed by atoms with Crippen LogP contribution in [0.2, 0.25) is 0 Å². The van der Waals surface area contributed by atoms with E-state index in [1.807, 2.05) is 38.1 Å². The number of rotatable bonds is 5. The van der Waals surface area contributed by atoms with Crippen molar-refractivity contribution in [2.45, 2.75) is 32.5 Å². The first-order chi connectivity index (χ1) is 9.83. The first kappa shape index (κ1) is 16.0. The summed E-state index contributed by atoms with van der Waals surface area (Å²) >= 11 is 0. The van der Waals surface area contributed by atoms with Crippen LogP contribution in [0.3, 0.4) is 0 Å². The van der Waals surface area contributed by atoms with Gasteiger partial charge in [0.05, 0.1) is 11.8 Å². The van der Waals surface area contributed by atoms with Gasteiger partial charge in [-0.2, -0.15) is 0 Å². The van der Waals surface area contributed by atoms with Gasteiger partial charge in [0.1, 0.15) is 16.0 Å². The zero-order chi connectivity index (χ0) is 15.6. The summed E-state index contributed by atoms with van der Waals surface area (Å²) in [5, 5.41) is 3.32. The molecular formula is C15H22N2O3S. The van der Waals surface area contributed by atoms with Gasteiger partial charge >= 0.3 is 0 Å². The van der Waals surface area contributed by atoms with E-state index in [0.29, 0.717) is 6.42 Å². The zero-order valence-electron chi connectivity index (χ0n) is 12.7. The standard InChI is InChI=1S/C15H22N2O3S/c1-4-13-15(18)17(9-10-21(3,19)20)14(16-13)12-8-6-5-7-11(12)2/h5-8,13-14,16H,4,9-10H2,1-3H3. The quantitative estimate of drug-likeness (QED) is 0.889. The lowest BCUT2D eigenvalue weighted by atomic mass is 10.1. The molecule has 1 fully saturated rings. The van der Waals surface area contributed by atoms with E-state index < -0.39 is 9.84 Å². The van der Waals surface area contributed by atoms with Crippen LogP contribution in [-0.2, 0) is 14.6 Å². The van der Waals surface area contributed by atoms with Crippen LogP contribution in [0, 0.1) is 6.92 Å². The Balaban J connectivity index is 2.28. The van der Waals surface area contributed by atoms with Gasteiger partial charge in [0.2, 0.25) is 5.91 Å². The maximum atomic E-state index is 12.4. The van der Waals surface area contributed by atoms with Crippen molar-refractivity contribution in [3.05, 3.63) is 35.4 Å². The maximum Gasteiger partial charge on any atom is 0.241 e. The molecule has 0 saturated carbocycles. The molecule has 2 rings (SSSR count). The van der Waals surface area contributed by atoms with E-state index in [2.05, 4.69) is 5.32 Å². The maximum absolute atomic E-state index is 12.4. The summed E-state index contributed by atoms with van der Waals surface area (Å²) in [5.41, 5.74) is 2.11. The van der Waals surface area contributed by atoms with Gasteiger partial charge in [0, 0.05) is 12.8 Å². The van der Waals surface area contributed by atoms with Crippen LogP contribution in [0.5, 0.6) is 0 Å². The van der Waals surface area contributed by atoms with Gasteiger partial charge in [-0.1, -0.05) is 31.2 Å². The first-order valence-corrected chi connectivity index (χ1v) is 9.19. The van der Waals surface area contributed by atoms with Gasteiger partial charge in [0.25, 0.3) is 0 Å². The third-order valence-corrected chi connectivity index (χ3v) is 4.77. The average molecular weight is 310 g/mol. The highest BCUT2D eigenvalue weighted by atomic mass is 32.2. The molecule has 1 aliphatic heterocycles. The van der Waals surface area contributed by atoms with Crippen LogP contribution >= 0.6 is 0 Å². The molecule has 1 saturated heterocycles. The van der Waals surface area contributed by atoms with Crippen LogP contribution in [0.25, 0.3) is 0 Å². The number of carbonyl (C=O) groups is 1. The van der Waals surface area contributed by atoms with Crippen molar-refractivity contribution in [2.24, 2.45) is 0 Å². The Hall–Kier alpha value is -1.40. The number of aryl methyl sites for hydroxylation is 1. The van der Waals surface area contributed by atoms with Crippen LogP contribution in [0.1, 0.15) is 30.6 Å². The molecule has 0 aromatic heterocycles. The predicted octanol–water partition coefficient (Wildman–Crippen LogP) is 1.25. The molecule has 1 aliphatic rings. The molecule has 0 radical (unpaired) electrons. The van der Waals surface area contributed by atoms with Crippen molar-refractivity contribution in [1.29, 1.82) is 0 Å². The summed E-state index contributed by atoms with van der Waals surface area (Å²) in [4.78, 5) is 14.1. The fraction of sp³-hybridized carbons (Fsp3) is 0.533. The first-order valence-electron chi connectivity index (χ1n) is 7.13.